The SMILES string of the molecule is O=C(OCCCCCNc1ccc([N+](=O)[O-])cn1)c1ccccc1Br. The van der Waals surface area contributed by atoms with Gasteiger partial charge < -0.3 is 10.1 Å². The van der Waals surface area contributed by atoms with Gasteiger partial charge in [0, 0.05) is 17.1 Å². The number of hydrogen-bond acceptors (Lipinski definition) is 6. The number of nitro groups is 1. The molecule has 1 aromatic carbocycles. The van der Waals surface area contributed by atoms with Crippen LogP contribution in [0.3, 0.4) is 0 Å². The Morgan fingerprint density at radius 2 is 2.00 bits per heavy atom. The van der Waals surface area contributed by atoms with Gasteiger partial charge in [-0.2, -0.15) is 0 Å². The number of carbonyl (C=O) groups excluding carboxylic acids is 1. The number of nitrogens with one attached hydrogen (secondary N) is 1. The summed E-state index contributed by atoms with van der Waals surface area (Å²) in [7, 11) is 0. The van der Waals surface area contributed by atoms with Gasteiger partial charge in [-0.25, -0.2) is 9.78 Å². The van der Waals surface area contributed by atoms with Crippen LogP contribution in [0, 0.1) is 10.1 Å². The highest BCUT2D eigenvalue weighted by Gasteiger charge is 2.10. The molecule has 0 aliphatic heterocycles. The van der Waals surface area contributed by atoms with Crippen LogP contribution in [0.5, 0.6) is 0 Å². The van der Waals surface area contributed by atoms with Crippen molar-refractivity contribution in [1.29, 1.82) is 0 Å². The Kier molecular flexibility index (Phi) is 7.34. The summed E-state index contributed by atoms with van der Waals surface area (Å²) in [6, 6.07) is 10.1. The first-order chi connectivity index (χ1) is 12.1. The molecule has 1 heterocycles. The molecule has 2 aromatic rings. The van der Waals surface area contributed by atoms with E-state index in [9.17, 15) is 14.9 Å². The number of aromatic nitrogens is 1. The number of esters is 1. The average molecular weight is 408 g/mol. The van der Waals surface area contributed by atoms with Crippen LogP contribution in [0.25, 0.3) is 0 Å². The van der Waals surface area contributed by atoms with E-state index in [1.807, 2.05) is 6.07 Å². The molecule has 132 valence electrons. The number of halogens is 1. The van der Waals surface area contributed by atoms with E-state index in [2.05, 4.69) is 26.2 Å². The Morgan fingerprint density at radius 3 is 2.68 bits per heavy atom. The maximum Gasteiger partial charge on any atom is 0.339 e. The summed E-state index contributed by atoms with van der Waals surface area (Å²) in [5.41, 5.74) is 0.492. The summed E-state index contributed by atoms with van der Waals surface area (Å²) in [6.07, 6.45) is 3.77. The Morgan fingerprint density at radius 1 is 1.20 bits per heavy atom. The van der Waals surface area contributed by atoms with Gasteiger partial charge in [0.1, 0.15) is 12.0 Å². The van der Waals surface area contributed by atoms with Gasteiger partial charge in [0.2, 0.25) is 0 Å². The normalized spacial score (nSPS) is 10.3. The van der Waals surface area contributed by atoms with Crippen molar-refractivity contribution in [3.63, 3.8) is 0 Å². The largest absolute Gasteiger partial charge is 0.462 e. The van der Waals surface area contributed by atoms with E-state index >= 15 is 0 Å². The molecule has 1 N–H and O–H groups in total. The van der Waals surface area contributed by atoms with Crippen LogP contribution in [0.4, 0.5) is 11.5 Å². The van der Waals surface area contributed by atoms with E-state index in [1.165, 1.54) is 12.3 Å². The van der Waals surface area contributed by atoms with E-state index in [0.29, 0.717) is 24.5 Å². The number of pyridine rings is 1. The molecule has 8 heteroatoms. The fourth-order valence-corrected chi connectivity index (χ4v) is 2.53. The number of carbonyl (C=O) groups is 1. The minimum atomic E-state index is -0.480. The van der Waals surface area contributed by atoms with Crippen LogP contribution < -0.4 is 5.32 Å². The summed E-state index contributed by atoms with van der Waals surface area (Å²) in [6.45, 7) is 1.07. The Hall–Kier alpha value is -2.48. The highest BCUT2D eigenvalue weighted by Crippen LogP contribution is 2.17. The quantitative estimate of drug-likeness (QED) is 0.289. The van der Waals surface area contributed by atoms with Gasteiger partial charge >= 0.3 is 5.97 Å². The lowest BCUT2D eigenvalue weighted by atomic mass is 10.2. The van der Waals surface area contributed by atoms with Crippen molar-refractivity contribution in [2.45, 2.75) is 19.3 Å². The third-order valence-electron chi connectivity index (χ3n) is 3.41. The van der Waals surface area contributed by atoms with Crippen LogP contribution in [0.15, 0.2) is 47.1 Å². The number of nitrogens with zero attached hydrogens (tertiary/aromatic N) is 2. The van der Waals surface area contributed by atoms with Crippen molar-refractivity contribution >= 4 is 33.4 Å². The maximum atomic E-state index is 11.9. The van der Waals surface area contributed by atoms with Crippen LogP contribution >= 0.6 is 15.9 Å². The topological polar surface area (TPSA) is 94.4 Å². The molecule has 25 heavy (non-hydrogen) atoms. The minimum Gasteiger partial charge on any atom is -0.462 e. The molecule has 1 aromatic heterocycles. The summed E-state index contributed by atoms with van der Waals surface area (Å²) in [4.78, 5) is 25.9. The van der Waals surface area contributed by atoms with Crippen LogP contribution in [0.2, 0.25) is 0 Å². The zero-order chi connectivity index (χ0) is 18.1. The zero-order valence-corrected chi connectivity index (χ0v) is 15.1. The zero-order valence-electron chi connectivity index (χ0n) is 13.5. The van der Waals surface area contributed by atoms with Crippen molar-refractivity contribution in [2.75, 3.05) is 18.5 Å². The molecule has 0 amide bonds. The first kappa shape index (κ1) is 18.9. The Balaban J connectivity index is 1.58. The molecule has 0 bridgehead atoms. The maximum absolute atomic E-state index is 11.9. The number of ether oxygens (including phenoxy) is 1. The lowest BCUT2D eigenvalue weighted by molar-refractivity contribution is -0.385. The number of hydrogen-bond donors (Lipinski definition) is 1. The Labute approximate surface area is 153 Å². The molecular weight excluding hydrogens is 390 g/mol. The molecule has 0 fully saturated rings. The second-order valence-corrected chi connectivity index (χ2v) is 6.12. The van der Waals surface area contributed by atoms with Crippen molar-refractivity contribution in [1.82, 2.24) is 4.98 Å². The van der Waals surface area contributed by atoms with Crippen molar-refractivity contribution in [3.8, 4) is 0 Å². The van der Waals surface area contributed by atoms with E-state index in [0.717, 1.165) is 23.7 Å². The summed E-state index contributed by atoms with van der Waals surface area (Å²) in [5, 5.41) is 13.6. The lowest BCUT2D eigenvalue weighted by Gasteiger charge is -2.07. The molecule has 0 unspecified atom stereocenters. The number of rotatable bonds is 9. The summed E-state index contributed by atoms with van der Waals surface area (Å²) in [5.74, 6) is 0.270. The first-order valence-electron chi connectivity index (χ1n) is 7.84. The first-order valence-corrected chi connectivity index (χ1v) is 8.63. The summed E-state index contributed by atoms with van der Waals surface area (Å²) < 4.78 is 5.97. The van der Waals surface area contributed by atoms with Gasteiger partial charge in [-0.3, -0.25) is 10.1 Å². The van der Waals surface area contributed by atoms with Crippen LogP contribution in [0.1, 0.15) is 29.6 Å². The lowest BCUT2D eigenvalue weighted by Crippen LogP contribution is -2.08. The third kappa shape index (κ3) is 6.15. The molecule has 2 rings (SSSR count). The molecular formula is C17H18BrN3O4. The van der Waals surface area contributed by atoms with Crippen LogP contribution in [-0.4, -0.2) is 29.0 Å². The van der Waals surface area contributed by atoms with Gasteiger partial charge in [-0.15, -0.1) is 0 Å². The van der Waals surface area contributed by atoms with Gasteiger partial charge in [0.15, 0.2) is 0 Å². The van der Waals surface area contributed by atoms with E-state index in [1.54, 1.807) is 24.3 Å². The van der Waals surface area contributed by atoms with E-state index in [-0.39, 0.29) is 11.7 Å². The fourth-order valence-electron chi connectivity index (χ4n) is 2.09. The second-order valence-electron chi connectivity index (χ2n) is 5.26. The number of unbranched alkanes of at least 4 members (excludes halogenated alkanes) is 2. The smallest absolute Gasteiger partial charge is 0.339 e. The predicted molar refractivity (Wildman–Crippen MR) is 97.7 cm³/mol. The molecule has 0 aliphatic carbocycles. The van der Waals surface area contributed by atoms with Gasteiger partial charge in [0.05, 0.1) is 17.1 Å². The fraction of sp³-hybridized carbons (Fsp3) is 0.294. The van der Waals surface area contributed by atoms with Gasteiger partial charge in [-0.05, 0) is 53.4 Å². The van der Waals surface area contributed by atoms with Crippen molar-refractivity contribution in [3.05, 3.63) is 62.7 Å². The predicted octanol–water partition coefficient (Wildman–Crippen LogP) is 4.19. The average Bonchev–Trinajstić information content (AvgIpc) is 2.61. The monoisotopic (exact) mass is 407 g/mol. The second kappa shape index (κ2) is 9.73. The van der Waals surface area contributed by atoms with Gasteiger partial charge in [-0.1, -0.05) is 12.1 Å². The van der Waals surface area contributed by atoms with Crippen LogP contribution in [-0.2, 0) is 4.74 Å². The standard InChI is InChI=1S/C17H18BrN3O4/c18-15-7-3-2-6-14(15)17(22)25-11-5-1-4-10-19-16-9-8-13(12-20-16)21(23)24/h2-3,6-9,12H,1,4-5,10-11H2,(H,19,20). The van der Waals surface area contributed by atoms with E-state index < -0.39 is 4.92 Å². The minimum absolute atomic E-state index is 0.0302. The molecule has 0 spiro atoms. The molecule has 0 aliphatic rings. The molecule has 7 nitrogen and oxygen atoms in total. The van der Waals surface area contributed by atoms with E-state index in [4.69, 9.17) is 4.74 Å². The number of anilines is 1. The highest BCUT2D eigenvalue weighted by molar-refractivity contribution is 9.10. The summed E-state index contributed by atoms with van der Waals surface area (Å²) >= 11 is 3.32. The highest BCUT2D eigenvalue weighted by atomic mass is 79.9. The Bertz CT molecular complexity index is 722. The molecule has 0 saturated carbocycles. The molecule has 0 saturated heterocycles. The molecule has 0 atom stereocenters. The third-order valence-corrected chi connectivity index (χ3v) is 4.10. The number of benzene rings is 1. The van der Waals surface area contributed by atoms with Gasteiger partial charge in [0.25, 0.3) is 5.69 Å². The van der Waals surface area contributed by atoms with Crippen molar-refractivity contribution < 1.29 is 14.5 Å². The molecule has 0 radical (unpaired) electrons. The van der Waals surface area contributed by atoms with Crippen molar-refractivity contribution in [2.24, 2.45) is 0 Å².